The first kappa shape index (κ1) is 20.5. The summed E-state index contributed by atoms with van der Waals surface area (Å²) in [6.45, 7) is 7.71. The molecule has 0 radical (unpaired) electrons. The maximum absolute atomic E-state index is 6.09. The lowest BCUT2D eigenvalue weighted by atomic mass is 10.1. The fourth-order valence-electron chi connectivity index (χ4n) is 3.71. The Morgan fingerprint density at radius 2 is 2.03 bits per heavy atom. The minimum atomic E-state index is 0.253. The molecule has 160 valence electrons. The van der Waals surface area contributed by atoms with Crippen molar-refractivity contribution < 1.29 is 4.74 Å². The van der Waals surface area contributed by atoms with Crippen molar-refractivity contribution >= 4 is 28.6 Å². The molecule has 0 atom stereocenters. The van der Waals surface area contributed by atoms with E-state index in [-0.39, 0.29) is 6.04 Å². The Morgan fingerprint density at radius 3 is 2.73 bits per heavy atom. The monoisotopic (exact) mass is 410 g/mol. The third kappa shape index (κ3) is 4.36. The van der Waals surface area contributed by atoms with Crippen LogP contribution in [0.3, 0.4) is 0 Å². The molecule has 0 aliphatic carbocycles. The van der Waals surface area contributed by atoms with Gasteiger partial charge >= 0.3 is 0 Å². The van der Waals surface area contributed by atoms with Gasteiger partial charge < -0.3 is 20.7 Å². The molecule has 9 heteroatoms. The molecule has 0 spiro atoms. The van der Waals surface area contributed by atoms with Crippen molar-refractivity contribution in [1.82, 2.24) is 24.7 Å². The van der Waals surface area contributed by atoms with Gasteiger partial charge in [-0.2, -0.15) is 10.1 Å². The average molecular weight is 411 g/mol. The number of pyridine rings is 1. The van der Waals surface area contributed by atoms with Crippen LogP contribution in [0.15, 0.2) is 24.4 Å². The lowest BCUT2D eigenvalue weighted by Gasteiger charge is -2.30. The van der Waals surface area contributed by atoms with Gasteiger partial charge in [-0.05, 0) is 38.3 Å². The Hall–Kier alpha value is -2.78. The molecule has 30 heavy (non-hydrogen) atoms. The highest BCUT2D eigenvalue weighted by atomic mass is 16.5. The van der Waals surface area contributed by atoms with Crippen molar-refractivity contribution in [3.8, 4) is 0 Å². The van der Waals surface area contributed by atoms with Crippen LogP contribution in [0, 0.1) is 0 Å². The highest BCUT2D eigenvalue weighted by molar-refractivity contribution is 5.90. The van der Waals surface area contributed by atoms with E-state index in [9.17, 15) is 0 Å². The van der Waals surface area contributed by atoms with E-state index in [4.69, 9.17) is 25.5 Å². The van der Waals surface area contributed by atoms with Crippen molar-refractivity contribution in [3.63, 3.8) is 0 Å². The summed E-state index contributed by atoms with van der Waals surface area (Å²) in [6.07, 6.45) is 4.44. The quantitative estimate of drug-likeness (QED) is 0.546. The van der Waals surface area contributed by atoms with E-state index in [2.05, 4.69) is 22.1 Å². The lowest BCUT2D eigenvalue weighted by molar-refractivity contribution is 0.137. The van der Waals surface area contributed by atoms with Crippen molar-refractivity contribution in [1.29, 1.82) is 0 Å². The van der Waals surface area contributed by atoms with Crippen molar-refractivity contribution in [2.75, 3.05) is 36.5 Å². The zero-order chi connectivity index (χ0) is 20.9. The van der Waals surface area contributed by atoms with Gasteiger partial charge in [-0.1, -0.05) is 13.0 Å². The summed E-state index contributed by atoms with van der Waals surface area (Å²) in [6, 6.07) is 6.02. The van der Waals surface area contributed by atoms with Gasteiger partial charge in [-0.25, -0.2) is 9.97 Å². The molecule has 1 aliphatic heterocycles. The number of nitrogens with two attached hydrogens (primary N) is 1. The molecule has 4 rings (SSSR count). The topological polar surface area (TPSA) is 107 Å². The van der Waals surface area contributed by atoms with Crippen LogP contribution in [-0.2, 0) is 17.7 Å². The lowest BCUT2D eigenvalue weighted by Crippen LogP contribution is -2.40. The maximum Gasteiger partial charge on any atom is 0.228 e. The molecular weight excluding hydrogens is 380 g/mol. The molecule has 3 N–H and O–H groups in total. The van der Waals surface area contributed by atoms with Gasteiger partial charge in [-0.3, -0.25) is 4.68 Å². The van der Waals surface area contributed by atoms with Gasteiger partial charge in [0.1, 0.15) is 16.9 Å². The van der Waals surface area contributed by atoms with Crippen LogP contribution in [0.2, 0.25) is 0 Å². The Balaban J connectivity index is 1.79. The van der Waals surface area contributed by atoms with Crippen LogP contribution in [0.5, 0.6) is 0 Å². The van der Waals surface area contributed by atoms with Crippen molar-refractivity contribution in [3.05, 3.63) is 30.1 Å². The third-order valence-electron chi connectivity index (χ3n) is 5.37. The molecule has 3 aromatic heterocycles. The Bertz CT molecular complexity index is 966. The van der Waals surface area contributed by atoms with Gasteiger partial charge in [0.15, 0.2) is 5.82 Å². The van der Waals surface area contributed by atoms with Crippen LogP contribution in [-0.4, -0.2) is 57.1 Å². The standard InChI is InChI=1S/C21H30N8O/c1-3-16-18-19(29(27-16)13-14-30-4-2)20(24-17-7-5-6-10-23-17)26-21(25-18)28-11-8-15(22)9-12-28/h5-7,10,15H,3-4,8-9,11-14,22H2,1-2H3,(H,23,24,25,26). The minimum absolute atomic E-state index is 0.253. The first-order valence-electron chi connectivity index (χ1n) is 10.7. The average Bonchev–Trinajstić information content (AvgIpc) is 3.13. The molecule has 0 aromatic carbocycles. The number of aromatic nitrogens is 5. The zero-order valence-electron chi connectivity index (χ0n) is 17.7. The Morgan fingerprint density at radius 1 is 1.20 bits per heavy atom. The number of rotatable bonds is 8. The number of nitrogens with zero attached hydrogens (tertiary/aromatic N) is 6. The molecule has 0 unspecified atom stereocenters. The predicted octanol–water partition coefficient (Wildman–Crippen LogP) is 2.49. The van der Waals surface area contributed by atoms with E-state index < -0.39 is 0 Å². The molecular formula is C21H30N8O. The Kier molecular flexibility index (Phi) is 6.39. The summed E-state index contributed by atoms with van der Waals surface area (Å²) in [5.41, 5.74) is 8.82. The van der Waals surface area contributed by atoms with Gasteiger partial charge in [-0.15, -0.1) is 0 Å². The predicted molar refractivity (Wildman–Crippen MR) is 118 cm³/mol. The van der Waals surface area contributed by atoms with Crippen LogP contribution in [0.25, 0.3) is 11.0 Å². The van der Waals surface area contributed by atoms with E-state index in [1.165, 1.54) is 0 Å². The zero-order valence-corrected chi connectivity index (χ0v) is 17.7. The number of hydrogen-bond donors (Lipinski definition) is 2. The number of hydrogen-bond acceptors (Lipinski definition) is 8. The molecule has 1 aliphatic rings. The normalized spacial score (nSPS) is 15.1. The molecule has 9 nitrogen and oxygen atoms in total. The highest BCUT2D eigenvalue weighted by Gasteiger charge is 2.23. The second-order valence-corrected chi connectivity index (χ2v) is 7.45. The van der Waals surface area contributed by atoms with Gasteiger partial charge in [0.2, 0.25) is 5.95 Å². The summed E-state index contributed by atoms with van der Waals surface area (Å²) in [7, 11) is 0. The number of nitrogens with one attached hydrogen (secondary N) is 1. The number of fused-ring (bicyclic) bond motifs is 1. The molecule has 0 bridgehead atoms. The summed E-state index contributed by atoms with van der Waals surface area (Å²) in [4.78, 5) is 16.5. The number of piperidine rings is 1. The number of anilines is 3. The molecule has 1 saturated heterocycles. The number of aryl methyl sites for hydroxylation is 1. The summed E-state index contributed by atoms with van der Waals surface area (Å²) in [5, 5.41) is 8.20. The van der Waals surface area contributed by atoms with Gasteiger partial charge in [0.05, 0.1) is 18.8 Å². The highest BCUT2D eigenvalue weighted by Crippen LogP contribution is 2.29. The fourth-order valence-corrected chi connectivity index (χ4v) is 3.71. The summed E-state index contributed by atoms with van der Waals surface area (Å²) >= 11 is 0. The van der Waals surface area contributed by atoms with Gasteiger partial charge in [0, 0.05) is 31.9 Å². The first-order chi connectivity index (χ1) is 14.7. The minimum Gasteiger partial charge on any atom is -0.380 e. The second kappa shape index (κ2) is 9.36. The van der Waals surface area contributed by atoms with E-state index in [1.807, 2.05) is 29.8 Å². The SMILES string of the molecule is CCOCCn1nc(CC)c2nc(N3CCC(N)CC3)nc(Nc3ccccn3)c21. The molecule has 4 heterocycles. The molecule has 1 fully saturated rings. The largest absolute Gasteiger partial charge is 0.380 e. The van der Waals surface area contributed by atoms with Crippen molar-refractivity contribution in [2.45, 2.75) is 45.7 Å². The van der Waals surface area contributed by atoms with Crippen molar-refractivity contribution in [2.24, 2.45) is 5.73 Å². The first-order valence-corrected chi connectivity index (χ1v) is 10.7. The van der Waals surface area contributed by atoms with E-state index in [0.29, 0.717) is 31.5 Å². The summed E-state index contributed by atoms with van der Waals surface area (Å²) in [5.74, 6) is 2.17. The Labute approximate surface area is 176 Å². The molecule has 0 amide bonds. The van der Waals surface area contributed by atoms with Crippen LogP contribution in [0.1, 0.15) is 32.4 Å². The third-order valence-corrected chi connectivity index (χ3v) is 5.37. The van der Waals surface area contributed by atoms with E-state index in [1.54, 1.807) is 6.20 Å². The second-order valence-electron chi connectivity index (χ2n) is 7.45. The smallest absolute Gasteiger partial charge is 0.228 e. The van der Waals surface area contributed by atoms with E-state index >= 15 is 0 Å². The van der Waals surface area contributed by atoms with E-state index in [0.717, 1.165) is 54.9 Å². The van der Waals surface area contributed by atoms with Crippen LogP contribution >= 0.6 is 0 Å². The van der Waals surface area contributed by atoms with Crippen LogP contribution in [0.4, 0.5) is 17.6 Å². The molecule has 3 aromatic rings. The summed E-state index contributed by atoms with van der Waals surface area (Å²) < 4.78 is 7.51. The van der Waals surface area contributed by atoms with Crippen LogP contribution < -0.4 is 16.0 Å². The maximum atomic E-state index is 6.09. The fraction of sp³-hybridized carbons (Fsp3) is 0.524. The van der Waals surface area contributed by atoms with Gasteiger partial charge in [0.25, 0.3) is 0 Å². The molecule has 0 saturated carbocycles. The number of ether oxygens (including phenoxy) is 1.